The van der Waals surface area contributed by atoms with Gasteiger partial charge in [-0.3, -0.25) is 4.79 Å². The second kappa shape index (κ2) is 5.52. The summed E-state index contributed by atoms with van der Waals surface area (Å²) in [5.41, 5.74) is -1.29. The number of aliphatic hydroxyl groups is 3. The summed E-state index contributed by atoms with van der Waals surface area (Å²) >= 11 is 0. The van der Waals surface area contributed by atoms with Crippen LogP contribution in [0.4, 0.5) is 0 Å². The Balaban J connectivity index is 2.21. The van der Waals surface area contributed by atoms with Crippen molar-refractivity contribution in [3.63, 3.8) is 0 Å². The first-order chi connectivity index (χ1) is 11.0. The van der Waals surface area contributed by atoms with Crippen LogP contribution in [0.25, 0.3) is 0 Å². The van der Waals surface area contributed by atoms with Crippen LogP contribution in [0.3, 0.4) is 0 Å². The minimum atomic E-state index is -0.951. The van der Waals surface area contributed by atoms with Crippen LogP contribution in [-0.4, -0.2) is 39.4 Å². The van der Waals surface area contributed by atoms with Crippen molar-refractivity contribution in [1.29, 1.82) is 0 Å². The zero-order valence-corrected chi connectivity index (χ0v) is 15.7. The van der Waals surface area contributed by atoms with Crippen LogP contribution in [0.15, 0.2) is 0 Å². The molecule has 0 radical (unpaired) electrons. The standard InChI is InChI=1S/C20H34O4/c1-6-18(4)10-14(22)19(5)11(2)7-8-20(12(3)17(18)24)9-13(21)15(23)16(19)20/h11-14,16-17,21-22,24H,6-10H2,1-5H3/t11-,12+,13+,14-,16-,17+,18-,19+,20+/m1/s1. The smallest absolute Gasteiger partial charge is 0.165 e. The van der Waals surface area contributed by atoms with Gasteiger partial charge in [0.15, 0.2) is 5.78 Å². The van der Waals surface area contributed by atoms with Crippen molar-refractivity contribution in [3.8, 4) is 0 Å². The summed E-state index contributed by atoms with van der Waals surface area (Å²) in [6.07, 6.45) is 1.35. The number of carbonyl (C=O) groups is 1. The van der Waals surface area contributed by atoms with E-state index in [0.717, 1.165) is 19.3 Å². The van der Waals surface area contributed by atoms with Gasteiger partial charge in [-0.1, -0.05) is 34.6 Å². The average Bonchev–Trinajstić information content (AvgIpc) is 2.81. The van der Waals surface area contributed by atoms with Gasteiger partial charge in [0.25, 0.3) is 0 Å². The van der Waals surface area contributed by atoms with Crippen molar-refractivity contribution in [2.45, 2.75) is 85.0 Å². The lowest BCUT2D eigenvalue weighted by Gasteiger charge is -2.61. The molecule has 0 aliphatic heterocycles. The molecule has 0 aromatic carbocycles. The van der Waals surface area contributed by atoms with E-state index < -0.39 is 29.1 Å². The summed E-state index contributed by atoms with van der Waals surface area (Å²) in [4.78, 5) is 12.9. The number of rotatable bonds is 1. The molecule has 0 heterocycles. The molecule has 4 nitrogen and oxygen atoms in total. The highest BCUT2D eigenvalue weighted by Gasteiger charge is 2.69. The second-order valence-electron chi connectivity index (χ2n) is 9.56. The highest BCUT2D eigenvalue weighted by atomic mass is 16.3. The molecule has 0 spiro atoms. The highest BCUT2D eigenvalue weighted by Crippen LogP contribution is 2.67. The van der Waals surface area contributed by atoms with Gasteiger partial charge >= 0.3 is 0 Å². The van der Waals surface area contributed by atoms with E-state index in [2.05, 4.69) is 34.6 Å². The Labute approximate surface area is 145 Å². The highest BCUT2D eigenvalue weighted by molar-refractivity contribution is 5.89. The van der Waals surface area contributed by atoms with E-state index in [4.69, 9.17) is 0 Å². The van der Waals surface area contributed by atoms with Crippen LogP contribution in [0.1, 0.15) is 66.7 Å². The summed E-state index contributed by atoms with van der Waals surface area (Å²) < 4.78 is 0. The number of aliphatic hydroxyl groups excluding tert-OH is 3. The fraction of sp³-hybridized carbons (Fsp3) is 0.950. The molecule has 3 N–H and O–H groups in total. The van der Waals surface area contributed by atoms with Gasteiger partial charge in [0.1, 0.15) is 6.10 Å². The van der Waals surface area contributed by atoms with Crippen molar-refractivity contribution in [1.82, 2.24) is 0 Å². The molecule has 24 heavy (non-hydrogen) atoms. The summed E-state index contributed by atoms with van der Waals surface area (Å²) in [6.45, 7) is 10.4. The first-order valence-corrected chi connectivity index (χ1v) is 9.62. The third-order valence-electron chi connectivity index (χ3n) is 8.77. The molecule has 4 heteroatoms. The van der Waals surface area contributed by atoms with Gasteiger partial charge in [-0.15, -0.1) is 0 Å². The van der Waals surface area contributed by atoms with Gasteiger partial charge in [-0.05, 0) is 54.8 Å². The lowest BCUT2D eigenvalue weighted by Crippen LogP contribution is -2.62. The molecule has 138 valence electrons. The van der Waals surface area contributed by atoms with Crippen molar-refractivity contribution < 1.29 is 20.1 Å². The van der Waals surface area contributed by atoms with Crippen LogP contribution in [0, 0.1) is 34.0 Å². The maximum atomic E-state index is 12.9. The Hall–Kier alpha value is -0.450. The van der Waals surface area contributed by atoms with E-state index in [0.29, 0.717) is 12.8 Å². The van der Waals surface area contributed by atoms with Crippen molar-refractivity contribution in [2.75, 3.05) is 0 Å². The van der Waals surface area contributed by atoms with Crippen LogP contribution in [-0.2, 0) is 4.79 Å². The van der Waals surface area contributed by atoms with E-state index in [9.17, 15) is 20.1 Å². The van der Waals surface area contributed by atoms with Gasteiger partial charge in [0.05, 0.1) is 12.2 Å². The van der Waals surface area contributed by atoms with Crippen LogP contribution in [0.5, 0.6) is 0 Å². The monoisotopic (exact) mass is 338 g/mol. The number of Topliss-reactive ketones (excluding diaryl/α,β-unsaturated/α-hetero) is 1. The average molecular weight is 338 g/mol. The minimum absolute atomic E-state index is 0.0622. The summed E-state index contributed by atoms with van der Waals surface area (Å²) in [6, 6.07) is 0. The first-order valence-electron chi connectivity index (χ1n) is 9.62. The van der Waals surface area contributed by atoms with Crippen LogP contribution < -0.4 is 0 Å². The molecule has 3 aliphatic rings. The Kier molecular flexibility index (Phi) is 4.22. The predicted octanol–water partition coefficient (Wildman–Crippen LogP) is 2.54. The number of hydrogen-bond donors (Lipinski definition) is 3. The zero-order valence-electron chi connectivity index (χ0n) is 15.7. The molecule has 0 amide bonds. The van der Waals surface area contributed by atoms with Crippen LogP contribution >= 0.6 is 0 Å². The fourth-order valence-electron chi connectivity index (χ4n) is 6.56. The van der Waals surface area contributed by atoms with Gasteiger partial charge < -0.3 is 15.3 Å². The van der Waals surface area contributed by atoms with Crippen molar-refractivity contribution in [3.05, 3.63) is 0 Å². The molecule has 9 atom stereocenters. The second-order valence-corrected chi connectivity index (χ2v) is 9.56. The van der Waals surface area contributed by atoms with E-state index in [1.165, 1.54) is 0 Å². The summed E-state index contributed by atoms with van der Waals surface area (Å²) in [5.74, 6) is -0.302. The maximum absolute atomic E-state index is 12.9. The predicted molar refractivity (Wildman–Crippen MR) is 92.3 cm³/mol. The topological polar surface area (TPSA) is 77.8 Å². The summed E-state index contributed by atoms with van der Waals surface area (Å²) in [5, 5.41) is 32.8. The quantitative estimate of drug-likeness (QED) is 0.686. The third kappa shape index (κ3) is 2.05. The van der Waals surface area contributed by atoms with E-state index in [1.807, 2.05) is 0 Å². The van der Waals surface area contributed by atoms with Crippen LogP contribution in [0.2, 0.25) is 0 Å². The third-order valence-corrected chi connectivity index (χ3v) is 8.77. The molecule has 0 unspecified atom stereocenters. The number of hydrogen-bond acceptors (Lipinski definition) is 4. The summed E-state index contributed by atoms with van der Waals surface area (Å²) in [7, 11) is 0. The lowest BCUT2D eigenvalue weighted by molar-refractivity contribution is -0.198. The molecule has 3 fully saturated rings. The molecule has 0 saturated heterocycles. The molecular formula is C20H34O4. The largest absolute Gasteiger partial charge is 0.393 e. The van der Waals surface area contributed by atoms with Crippen molar-refractivity contribution >= 4 is 5.78 Å². The zero-order chi connectivity index (χ0) is 18.1. The first kappa shape index (κ1) is 18.3. The van der Waals surface area contributed by atoms with Gasteiger partial charge in [-0.2, -0.15) is 0 Å². The SMILES string of the molecule is CC[C@]1(C)C[C@@H](O)[C@]2(C)[C@H](C)CC[C@]3(C[C@H](O)C(=O)[C@@H]32)[C@@H](C)[C@@H]1O. The molecule has 3 saturated carbocycles. The number of ketones is 1. The van der Waals surface area contributed by atoms with Crippen molar-refractivity contribution in [2.24, 2.45) is 34.0 Å². The lowest BCUT2D eigenvalue weighted by atomic mass is 9.43. The molecular weight excluding hydrogens is 304 g/mol. The number of carbonyl (C=O) groups excluding carboxylic acids is 1. The van der Waals surface area contributed by atoms with Gasteiger partial charge in [-0.25, -0.2) is 0 Å². The fourth-order valence-corrected chi connectivity index (χ4v) is 6.56. The Morgan fingerprint density at radius 1 is 1.12 bits per heavy atom. The molecule has 0 aromatic heterocycles. The maximum Gasteiger partial charge on any atom is 0.165 e. The van der Waals surface area contributed by atoms with E-state index >= 15 is 0 Å². The molecule has 3 rings (SSSR count). The van der Waals surface area contributed by atoms with E-state index in [1.54, 1.807) is 0 Å². The Morgan fingerprint density at radius 3 is 2.33 bits per heavy atom. The minimum Gasteiger partial charge on any atom is -0.393 e. The Bertz CT molecular complexity index is 534. The Morgan fingerprint density at radius 2 is 1.75 bits per heavy atom. The molecule has 0 aromatic rings. The van der Waals surface area contributed by atoms with Gasteiger partial charge in [0.2, 0.25) is 0 Å². The van der Waals surface area contributed by atoms with Gasteiger partial charge in [0, 0.05) is 11.3 Å². The molecule has 3 aliphatic carbocycles. The normalized spacial score (nSPS) is 58.1. The van der Waals surface area contributed by atoms with E-state index in [-0.39, 0.29) is 29.0 Å². The molecule has 2 bridgehead atoms.